The van der Waals surface area contributed by atoms with Gasteiger partial charge < -0.3 is 9.47 Å². The van der Waals surface area contributed by atoms with Gasteiger partial charge in [0.1, 0.15) is 11.5 Å². The summed E-state index contributed by atoms with van der Waals surface area (Å²) in [5, 5.41) is 11.4. The Kier molecular flexibility index (Phi) is 2.97. The van der Waals surface area contributed by atoms with Gasteiger partial charge in [-0.1, -0.05) is 0 Å². The van der Waals surface area contributed by atoms with E-state index in [1.54, 1.807) is 0 Å². The lowest BCUT2D eigenvalue weighted by Crippen LogP contribution is -2.36. The van der Waals surface area contributed by atoms with Crippen molar-refractivity contribution in [3.8, 4) is 0 Å². The van der Waals surface area contributed by atoms with Gasteiger partial charge in [-0.25, -0.2) is 0 Å². The second-order valence-electron chi connectivity index (χ2n) is 4.26. The van der Waals surface area contributed by atoms with Gasteiger partial charge >= 0.3 is 0 Å². The van der Waals surface area contributed by atoms with Gasteiger partial charge in [-0.3, -0.25) is 29.8 Å². The molecule has 3 aliphatic rings. The summed E-state index contributed by atoms with van der Waals surface area (Å²) in [6, 6.07) is 0. The van der Waals surface area contributed by atoms with Crippen molar-refractivity contribution >= 4 is 23.6 Å². The van der Waals surface area contributed by atoms with Crippen LogP contribution in [0.2, 0.25) is 0 Å². The SMILES string of the molecule is O=C1CC2=C(N=NC3=C(CC(=O)NC3=O)OCO2)C(=O)N1. The fourth-order valence-corrected chi connectivity index (χ4v) is 1.89. The average molecular weight is 292 g/mol. The number of ether oxygens (including phenoxy) is 2. The molecule has 3 aliphatic heterocycles. The lowest BCUT2D eigenvalue weighted by atomic mass is 10.2. The number of hydrogen-bond acceptors (Lipinski definition) is 8. The second-order valence-corrected chi connectivity index (χ2v) is 4.26. The third-order valence-corrected chi connectivity index (χ3v) is 2.82. The Labute approximate surface area is 116 Å². The third kappa shape index (κ3) is 2.38. The van der Waals surface area contributed by atoms with Crippen LogP contribution in [0.3, 0.4) is 0 Å². The summed E-state index contributed by atoms with van der Waals surface area (Å²) >= 11 is 0. The fourth-order valence-electron chi connectivity index (χ4n) is 1.89. The third-order valence-electron chi connectivity index (χ3n) is 2.82. The highest BCUT2D eigenvalue weighted by Gasteiger charge is 2.31. The molecule has 0 fully saturated rings. The van der Waals surface area contributed by atoms with Crippen LogP contribution in [0.5, 0.6) is 0 Å². The Hall–Kier alpha value is -3.04. The number of rotatable bonds is 0. The first kappa shape index (κ1) is 13.0. The van der Waals surface area contributed by atoms with Crippen LogP contribution in [0.15, 0.2) is 33.1 Å². The molecule has 0 aliphatic carbocycles. The minimum Gasteiger partial charge on any atom is -0.459 e. The number of azo groups is 1. The van der Waals surface area contributed by atoms with Crippen LogP contribution in [0.25, 0.3) is 0 Å². The van der Waals surface area contributed by atoms with Gasteiger partial charge in [-0.15, -0.1) is 10.2 Å². The molecule has 0 saturated heterocycles. The normalized spacial score (nSPS) is 22.1. The monoisotopic (exact) mass is 292 g/mol. The van der Waals surface area contributed by atoms with E-state index in [1.165, 1.54) is 0 Å². The molecule has 0 unspecified atom stereocenters. The van der Waals surface area contributed by atoms with Crippen LogP contribution >= 0.6 is 0 Å². The number of carbonyl (C=O) groups is 4. The number of carbonyl (C=O) groups excluding carboxylic acids is 4. The molecule has 10 nitrogen and oxygen atoms in total. The minimum absolute atomic E-state index is 0.000850. The summed E-state index contributed by atoms with van der Waals surface area (Å²) in [4.78, 5) is 45.9. The quantitative estimate of drug-likeness (QED) is 0.547. The maximum Gasteiger partial charge on any atom is 0.281 e. The molecule has 0 radical (unpaired) electrons. The number of nitrogens with one attached hydrogen (secondary N) is 2. The molecule has 3 rings (SSSR count). The fraction of sp³-hybridized carbons (Fsp3) is 0.273. The Morgan fingerprint density at radius 3 is 1.62 bits per heavy atom. The van der Waals surface area contributed by atoms with Crippen LogP contribution in [-0.2, 0) is 28.7 Å². The van der Waals surface area contributed by atoms with Gasteiger partial charge in [0, 0.05) is 0 Å². The molecule has 0 aromatic rings. The summed E-state index contributed by atoms with van der Waals surface area (Å²) in [6.45, 7) is -0.371. The molecule has 0 spiro atoms. The van der Waals surface area contributed by atoms with E-state index in [9.17, 15) is 19.2 Å². The highest BCUT2D eigenvalue weighted by atomic mass is 16.7. The van der Waals surface area contributed by atoms with Gasteiger partial charge in [0.15, 0.2) is 11.4 Å². The number of hydrogen-bond donors (Lipinski definition) is 2. The van der Waals surface area contributed by atoms with Crippen molar-refractivity contribution in [1.29, 1.82) is 0 Å². The molecule has 10 heteroatoms. The highest BCUT2D eigenvalue weighted by molar-refractivity contribution is 6.09. The van der Waals surface area contributed by atoms with E-state index >= 15 is 0 Å². The number of amides is 4. The largest absolute Gasteiger partial charge is 0.459 e. The summed E-state index contributed by atoms with van der Waals surface area (Å²) in [5.41, 5.74) is -0.423. The van der Waals surface area contributed by atoms with E-state index in [0.717, 1.165) is 0 Å². The second kappa shape index (κ2) is 4.81. The summed E-state index contributed by atoms with van der Waals surface area (Å²) < 4.78 is 10.3. The molecule has 4 amide bonds. The van der Waals surface area contributed by atoms with E-state index in [0.29, 0.717) is 0 Å². The smallest absolute Gasteiger partial charge is 0.281 e. The van der Waals surface area contributed by atoms with Crippen LogP contribution in [-0.4, -0.2) is 30.4 Å². The molecular formula is C11H8N4O6. The van der Waals surface area contributed by atoms with Crippen LogP contribution in [0.1, 0.15) is 12.8 Å². The number of nitrogens with zero attached hydrogens (tertiary/aromatic N) is 2. The van der Waals surface area contributed by atoms with Gasteiger partial charge in [0.05, 0.1) is 12.8 Å². The first-order valence-electron chi connectivity index (χ1n) is 5.86. The maximum atomic E-state index is 11.7. The van der Waals surface area contributed by atoms with E-state index in [2.05, 4.69) is 20.9 Å². The van der Waals surface area contributed by atoms with Crippen molar-refractivity contribution in [3.63, 3.8) is 0 Å². The average Bonchev–Trinajstić information content (AvgIpc) is 2.47. The summed E-state index contributed by atoms with van der Waals surface area (Å²) in [6.07, 6.45) is -0.390. The maximum absolute atomic E-state index is 11.7. The molecular weight excluding hydrogens is 284 g/mol. The van der Waals surface area contributed by atoms with E-state index in [1.807, 2.05) is 0 Å². The molecule has 0 bridgehead atoms. The van der Waals surface area contributed by atoms with Crippen LogP contribution < -0.4 is 10.6 Å². The lowest BCUT2D eigenvalue weighted by Gasteiger charge is -2.17. The lowest BCUT2D eigenvalue weighted by molar-refractivity contribution is -0.131. The van der Waals surface area contributed by atoms with Crippen molar-refractivity contribution in [2.24, 2.45) is 10.2 Å². The van der Waals surface area contributed by atoms with Crippen molar-refractivity contribution in [1.82, 2.24) is 10.6 Å². The summed E-state index contributed by atoms with van der Waals surface area (Å²) in [5.74, 6) is -2.64. The predicted octanol–water partition coefficient (Wildman–Crippen LogP) is -1.04. The van der Waals surface area contributed by atoms with Crippen molar-refractivity contribution in [3.05, 3.63) is 22.9 Å². The van der Waals surface area contributed by atoms with Crippen molar-refractivity contribution in [2.45, 2.75) is 12.8 Å². The Morgan fingerprint density at radius 2 is 1.19 bits per heavy atom. The minimum atomic E-state index is -0.777. The van der Waals surface area contributed by atoms with Gasteiger partial charge in [-0.05, 0) is 0 Å². The molecule has 21 heavy (non-hydrogen) atoms. The molecule has 2 N–H and O–H groups in total. The van der Waals surface area contributed by atoms with E-state index < -0.39 is 23.6 Å². The van der Waals surface area contributed by atoms with E-state index in [4.69, 9.17) is 9.47 Å². The van der Waals surface area contributed by atoms with Gasteiger partial charge in [-0.2, -0.15) is 0 Å². The first-order valence-corrected chi connectivity index (χ1v) is 5.86. The molecule has 0 saturated carbocycles. The van der Waals surface area contributed by atoms with E-state index in [-0.39, 0.29) is 42.5 Å². The van der Waals surface area contributed by atoms with Crippen LogP contribution in [0.4, 0.5) is 0 Å². The Balaban J connectivity index is 2.01. The molecule has 0 atom stereocenters. The highest BCUT2D eigenvalue weighted by Crippen LogP contribution is 2.24. The Bertz CT molecular complexity index is 618. The zero-order chi connectivity index (χ0) is 15.0. The number of imide groups is 2. The van der Waals surface area contributed by atoms with Crippen molar-refractivity contribution in [2.75, 3.05) is 6.79 Å². The molecule has 108 valence electrons. The summed E-state index contributed by atoms with van der Waals surface area (Å²) in [7, 11) is 0. The van der Waals surface area contributed by atoms with Crippen molar-refractivity contribution < 1.29 is 28.7 Å². The molecule has 3 heterocycles. The topological polar surface area (TPSA) is 136 Å². The standard InChI is InChI=1S/C11H8N4O6/c16-6-1-4-8(10(18)12-6)14-15-9-5(21-3-20-4)2-7(17)13-11(9)19/h1-3H2,(H,12,16,18)(H,13,17,19). The zero-order valence-electron chi connectivity index (χ0n) is 10.5. The Morgan fingerprint density at radius 1 is 0.762 bits per heavy atom. The van der Waals surface area contributed by atoms with Crippen LogP contribution in [0, 0.1) is 0 Å². The first-order chi connectivity index (χ1) is 10.0. The molecule has 0 aromatic carbocycles. The van der Waals surface area contributed by atoms with Gasteiger partial charge in [0.2, 0.25) is 18.6 Å². The predicted molar refractivity (Wildman–Crippen MR) is 61.5 cm³/mol. The molecule has 0 aromatic heterocycles. The van der Waals surface area contributed by atoms with Gasteiger partial charge in [0.25, 0.3) is 11.8 Å². The zero-order valence-corrected chi connectivity index (χ0v) is 10.5.